The van der Waals surface area contributed by atoms with Gasteiger partial charge in [-0.15, -0.1) is 11.8 Å². The van der Waals surface area contributed by atoms with E-state index >= 15 is 0 Å². The number of hydrogen-bond donors (Lipinski definition) is 0. The Morgan fingerprint density at radius 3 is 1.00 bits per heavy atom. The molecule has 0 amide bonds. The quantitative estimate of drug-likeness (QED) is 0.642. The molecule has 2 rings (SSSR count). The van der Waals surface area contributed by atoms with Crippen molar-refractivity contribution in [3.8, 4) is 47.4 Å². The van der Waals surface area contributed by atoms with Gasteiger partial charge in [-0.1, -0.05) is 23.7 Å². The zero-order valence-electron chi connectivity index (χ0n) is 12.6. The van der Waals surface area contributed by atoms with Crippen LogP contribution in [0, 0.1) is 47.4 Å². The van der Waals surface area contributed by atoms with Crippen LogP contribution in [0.25, 0.3) is 0 Å². The smallest absolute Gasteiger partial charge is 0.0256 e. The van der Waals surface area contributed by atoms with Gasteiger partial charge in [0.2, 0.25) is 0 Å². The van der Waals surface area contributed by atoms with Crippen molar-refractivity contribution >= 4 is 0 Å². The minimum Gasteiger partial charge on any atom is -0.101 e. The third-order valence-electron chi connectivity index (χ3n) is 2.78. The molecular formula is C22H14. The van der Waals surface area contributed by atoms with Gasteiger partial charge in [0.15, 0.2) is 0 Å². The van der Waals surface area contributed by atoms with E-state index in [1.54, 1.807) is 0 Å². The summed E-state index contributed by atoms with van der Waals surface area (Å²) in [5.41, 5.74) is 3.86. The fourth-order valence-electron chi connectivity index (χ4n) is 1.77. The Kier molecular flexibility index (Phi) is 5.53. The zero-order valence-corrected chi connectivity index (χ0v) is 12.6. The minimum atomic E-state index is 0.935. The van der Waals surface area contributed by atoms with Crippen molar-refractivity contribution in [1.29, 1.82) is 0 Å². The van der Waals surface area contributed by atoms with E-state index in [1.165, 1.54) is 0 Å². The van der Waals surface area contributed by atoms with Crippen molar-refractivity contribution in [3.63, 3.8) is 0 Å². The summed E-state index contributed by atoms with van der Waals surface area (Å²) in [4.78, 5) is 0. The Morgan fingerprint density at radius 1 is 0.455 bits per heavy atom. The second kappa shape index (κ2) is 8.08. The molecule has 2 aromatic rings. The molecule has 0 aliphatic rings. The molecule has 0 heterocycles. The average Bonchev–Trinajstić information content (AvgIpc) is 2.55. The van der Waals surface area contributed by atoms with Crippen molar-refractivity contribution in [3.05, 3.63) is 70.8 Å². The summed E-state index contributed by atoms with van der Waals surface area (Å²) in [5, 5.41) is 0. The van der Waals surface area contributed by atoms with Crippen LogP contribution in [-0.2, 0) is 0 Å². The molecule has 0 radical (unpaired) electrons. The first kappa shape index (κ1) is 15.1. The molecule has 102 valence electrons. The van der Waals surface area contributed by atoms with Crippen LogP contribution in [0.15, 0.2) is 48.5 Å². The van der Waals surface area contributed by atoms with Gasteiger partial charge in [0.05, 0.1) is 0 Å². The third kappa shape index (κ3) is 4.66. The zero-order chi connectivity index (χ0) is 15.6. The molecule has 0 saturated carbocycles. The van der Waals surface area contributed by atoms with E-state index in [1.807, 2.05) is 62.4 Å². The summed E-state index contributed by atoms with van der Waals surface area (Å²) < 4.78 is 0. The molecule has 0 fully saturated rings. The topological polar surface area (TPSA) is 0 Å². The first-order valence-electron chi connectivity index (χ1n) is 6.89. The standard InChI is InChI=1S/C22H14/c1-3-7-19-11-15-21(16-12-19)9-5-6-10-22-17-13-20(8-4-2)14-18-22/h11-18H,1-2H3. The molecule has 0 aromatic heterocycles. The van der Waals surface area contributed by atoms with Gasteiger partial charge in [0.1, 0.15) is 0 Å². The summed E-state index contributed by atoms with van der Waals surface area (Å²) in [6.45, 7) is 3.65. The Morgan fingerprint density at radius 2 is 0.727 bits per heavy atom. The highest BCUT2D eigenvalue weighted by molar-refractivity contribution is 5.47. The van der Waals surface area contributed by atoms with Crippen LogP contribution in [0.5, 0.6) is 0 Å². The predicted octanol–water partition coefficient (Wildman–Crippen LogP) is 3.83. The average molecular weight is 278 g/mol. The van der Waals surface area contributed by atoms with Gasteiger partial charge in [0, 0.05) is 22.3 Å². The van der Waals surface area contributed by atoms with E-state index in [2.05, 4.69) is 47.4 Å². The Labute approximate surface area is 132 Å². The molecule has 2 aromatic carbocycles. The largest absolute Gasteiger partial charge is 0.101 e. The van der Waals surface area contributed by atoms with Crippen LogP contribution >= 0.6 is 0 Å². The van der Waals surface area contributed by atoms with Crippen molar-refractivity contribution in [2.45, 2.75) is 13.8 Å². The maximum Gasteiger partial charge on any atom is 0.0256 e. The van der Waals surface area contributed by atoms with Gasteiger partial charge in [-0.25, -0.2) is 0 Å². The van der Waals surface area contributed by atoms with Crippen LogP contribution in [0.3, 0.4) is 0 Å². The summed E-state index contributed by atoms with van der Waals surface area (Å²) in [6.07, 6.45) is 0. The SMILES string of the molecule is CC#Cc1ccc(C#CC#Cc2ccc(C#CC)cc2)cc1. The van der Waals surface area contributed by atoms with Crippen LogP contribution in [0.1, 0.15) is 36.1 Å². The lowest BCUT2D eigenvalue weighted by molar-refractivity contribution is 1.60. The molecule has 0 unspecified atom stereocenters. The van der Waals surface area contributed by atoms with Gasteiger partial charge in [-0.2, -0.15) is 0 Å². The van der Waals surface area contributed by atoms with Crippen molar-refractivity contribution in [1.82, 2.24) is 0 Å². The fourth-order valence-corrected chi connectivity index (χ4v) is 1.77. The molecule has 0 aliphatic heterocycles. The molecule has 0 atom stereocenters. The monoisotopic (exact) mass is 278 g/mol. The lowest BCUT2D eigenvalue weighted by Crippen LogP contribution is -1.77. The lowest BCUT2D eigenvalue weighted by atomic mass is 10.1. The molecule has 0 nitrogen and oxygen atoms in total. The number of hydrogen-bond acceptors (Lipinski definition) is 0. The van der Waals surface area contributed by atoms with Crippen LogP contribution < -0.4 is 0 Å². The van der Waals surface area contributed by atoms with E-state index in [4.69, 9.17) is 0 Å². The van der Waals surface area contributed by atoms with E-state index in [-0.39, 0.29) is 0 Å². The summed E-state index contributed by atoms with van der Waals surface area (Å²) >= 11 is 0. The van der Waals surface area contributed by atoms with E-state index < -0.39 is 0 Å². The minimum absolute atomic E-state index is 0.935. The van der Waals surface area contributed by atoms with Gasteiger partial charge in [-0.3, -0.25) is 0 Å². The fraction of sp³-hybridized carbons (Fsp3) is 0.0909. The highest BCUT2D eigenvalue weighted by Gasteiger charge is 1.88. The van der Waals surface area contributed by atoms with E-state index in [0.717, 1.165) is 22.3 Å². The van der Waals surface area contributed by atoms with Crippen LogP contribution in [0.4, 0.5) is 0 Å². The molecule has 0 bridgehead atoms. The Balaban J connectivity index is 2.06. The number of rotatable bonds is 0. The molecule has 0 heteroatoms. The number of benzene rings is 2. The molecule has 22 heavy (non-hydrogen) atoms. The van der Waals surface area contributed by atoms with Gasteiger partial charge in [0.25, 0.3) is 0 Å². The highest BCUT2D eigenvalue weighted by Crippen LogP contribution is 2.02. The van der Waals surface area contributed by atoms with Crippen LogP contribution in [0.2, 0.25) is 0 Å². The molecule has 0 saturated heterocycles. The molecule has 0 N–H and O–H groups in total. The summed E-state index contributed by atoms with van der Waals surface area (Å²) in [5.74, 6) is 23.5. The van der Waals surface area contributed by atoms with E-state index in [0.29, 0.717) is 0 Å². The lowest BCUT2D eigenvalue weighted by Gasteiger charge is -1.90. The predicted molar refractivity (Wildman–Crippen MR) is 91.7 cm³/mol. The van der Waals surface area contributed by atoms with Crippen molar-refractivity contribution in [2.24, 2.45) is 0 Å². The van der Waals surface area contributed by atoms with Gasteiger partial charge in [-0.05, 0) is 74.2 Å². The van der Waals surface area contributed by atoms with Crippen LogP contribution in [-0.4, -0.2) is 0 Å². The van der Waals surface area contributed by atoms with E-state index in [9.17, 15) is 0 Å². The Bertz CT molecular complexity index is 800. The summed E-state index contributed by atoms with van der Waals surface area (Å²) in [6, 6.07) is 15.6. The normalized spacial score (nSPS) is 7.91. The second-order valence-electron chi connectivity index (χ2n) is 4.40. The van der Waals surface area contributed by atoms with Crippen molar-refractivity contribution < 1.29 is 0 Å². The third-order valence-corrected chi connectivity index (χ3v) is 2.78. The maximum absolute atomic E-state index is 3.02. The molecule has 0 aliphatic carbocycles. The first-order valence-corrected chi connectivity index (χ1v) is 6.89. The first-order chi connectivity index (χ1) is 10.8. The molecule has 0 spiro atoms. The van der Waals surface area contributed by atoms with Gasteiger partial charge < -0.3 is 0 Å². The van der Waals surface area contributed by atoms with Gasteiger partial charge >= 0.3 is 0 Å². The second-order valence-corrected chi connectivity index (χ2v) is 4.40. The maximum atomic E-state index is 3.02. The van der Waals surface area contributed by atoms with Crippen molar-refractivity contribution in [2.75, 3.05) is 0 Å². The molecular weight excluding hydrogens is 264 g/mol. The summed E-state index contributed by atoms with van der Waals surface area (Å²) in [7, 11) is 0. The Hall–Kier alpha value is -3.32. The highest BCUT2D eigenvalue weighted by atomic mass is 13.9.